The lowest BCUT2D eigenvalue weighted by atomic mass is 9.99. The van der Waals surface area contributed by atoms with Gasteiger partial charge in [-0.2, -0.15) is 0 Å². The predicted octanol–water partition coefficient (Wildman–Crippen LogP) is 3.07. The molecule has 3 heteroatoms. The molecule has 86 valence electrons. The molecule has 0 fully saturated rings. The van der Waals surface area contributed by atoms with Gasteiger partial charge in [-0.1, -0.05) is 0 Å². The number of ketones is 1. The normalized spacial score (nSPS) is 10.3. The molecular formula is C14H12FNO. The van der Waals surface area contributed by atoms with E-state index in [0.29, 0.717) is 16.7 Å². The minimum absolute atomic E-state index is 0.104. The van der Waals surface area contributed by atoms with Gasteiger partial charge < -0.3 is 0 Å². The molecule has 0 unspecified atom stereocenters. The summed E-state index contributed by atoms with van der Waals surface area (Å²) >= 11 is 0. The molecule has 2 nitrogen and oxygen atoms in total. The first kappa shape index (κ1) is 11.5. The van der Waals surface area contributed by atoms with Crippen LogP contribution in [0.3, 0.4) is 0 Å². The van der Waals surface area contributed by atoms with Crippen molar-refractivity contribution in [2.45, 2.75) is 13.8 Å². The van der Waals surface area contributed by atoms with Crippen molar-refractivity contribution in [2.24, 2.45) is 0 Å². The summed E-state index contributed by atoms with van der Waals surface area (Å²) in [5, 5.41) is 0. The Kier molecular flexibility index (Phi) is 3.00. The van der Waals surface area contributed by atoms with Gasteiger partial charge in [0.05, 0.1) is 0 Å². The summed E-state index contributed by atoms with van der Waals surface area (Å²) in [5.74, 6) is -0.402. The molecule has 0 amide bonds. The minimum atomic E-state index is -0.298. The van der Waals surface area contributed by atoms with Gasteiger partial charge in [0, 0.05) is 23.5 Å². The quantitative estimate of drug-likeness (QED) is 0.741. The van der Waals surface area contributed by atoms with E-state index in [4.69, 9.17) is 0 Å². The van der Waals surface area contributed by atoms with Crippen LogP contribution >= 0.6 is 0 Å². The van der Waals surface area contributed by atoms with Gasteiger partial charge in [0.15, 0.2) is 5.78 Å². The summed E-state index contributed by atoms with van der Waals surface area (Å²) in [4.78, 5) is 16.1. The Bertz CT molecular complexity index is 578. The van der Waals surface area contributed by atoms with E-state index < -0.39 is 0 Å². The molecule has 0 saturated carbocycles. The maximum absolute atomic E-state index is 13.1. The van der Waals surface area contributed by atoms with Crippen LogP contribution in [0.15, 0.2) is 36.7 Å². The molecule has 0 aliphatic carbocycles. The molecule has 1 aromatic carbocycles. The average Bonchev–Trinajstić information content (AvgIpc) is 2.32. The van der Waals surface area contributed by atoms with E-state index in [-0.39, 0.29) is 11.6 Å². The number of carbonyl (C=O) groups is 1. The van der Waals surface area contributed by atoms with Crippen LogP contribution in [0.1, 0.15) is 27.0 Å². The van der Waals surface area contributed by atoms with Crippen LogP contribution in [0.5, 0.6) is 0 Å². The smallest absolute Gasteiger partial charge is 0.193 e. The van der Waals surface area contributed by atoms with Gasteiger partial charge in [-0.3, -0.25) is 9.78 Å². The number of rotatable bonds is 2. The molecule has 0 N–H and O–H groups in total. The fourth-order valence-electron chi connectivity index (χ4n) is 1.67. The van der Waals surface area contributed by atoms with Crippen molar-refractivity contribution in [3.8, 4) is 0 Å². The summed E-state index contributed by atoms with van der Waals surface area (Å²) in [7, 11) is 0. The number of aromatic nitrogens is 1. The van der Waals surface area contributed by atoms with E-state index in [9.17, 15) is 9.18 Å². The van der Waals surface area contributed by atoms with Crippen LogP contribution in [-0.2, 0) is 0 Å². The number of pyridine rings is 1. The van der Waals surface area contributed by atoms with Crippen LogP contribution in [0, 0.1) is 19.7 Å². The van der Waals surface area contributed by atoms with Crippen molar-refractivity contribution < 1.29 is 9.18 Å². The molecule has 1 heterocycles. The Balaban J connectivity index is 2.44. The number of carbonyl (C=O) groups excluding carboxylic acids is 1. The van der Waals surface area contributed by atoms with E-state index in [1.807, 2.05) is 6.92 Å². The first-order chi connectivity index (χ1) is 8.09. The van der Waals surface area contributed by atoms with Crippen molar-refractivity contribution in [1.29, 1.82) is 0 Å². The summed E-state index contributed by atoms with van der Waals surface area (Å²) in [6.45, 7) is 3.47. The molecule has 0 radical (unpaired) electrons. The number of benzene rings is 1. The second-order valence-electron chi connectivity index (χ2n) is 3.98. The largest absolute Gasteiger partial charge is 0.289 e. The Morgan fingerprint density at radius 2 is 1.94 bits per heavy atom. The predicted molar refractivity (Wildman–Crippen MR) is 63.5 cm³/mol. The highest BCUT2D eigenvalue weighted by Gasteiger charge is 2.12. The zero-order chi connectivity index (χ0) is 12.4. The minimum Gasteiger partial charge on any atom is -0.289 e. The van der Waals surface area contributed by atoms with E-state index >= 15 is 0 Å². The third-order valence-corrected chi connectivity index (χ3v) is 2.69. The summed E-state index contributed by atoms with van der Waals surface area (Å²) in [5.41, 5.74) is 2.39. The lowest BCUT2D eigenvalue weighted by molar-refractivity contribution is 0.103. The summed E-state index contributed by atoms with van der Waals surface area (Å²) in [6.07, 6.45) is 3.22. The van der Waals surface area contributed by atoms with Crippen molar-refractivity contribution in [3.63, 3.8) is 0 Å². The molecular weight excluding hydrogens is 217 g/mol. The molecule has 2 rings (SSSR count). The van der Waals surface area contributed by atoms with E-state index in [2.05, 4.69) is 4.98 Å². The molecule has 0 saturated heterocycles. The number of hydrogen-bond acceptors (Lipinski definition) is 2. The lowest BCUT2D eigenvalue weighted by Gasteiger charge is -2.05. The monoisotopic (exact) mass is 229 g/mol. The Hall–Kier alpha value is -2.03. The highest BCUT2D eigenvalue weighted by atomic mass is 19.1. The molecule has 0 bridgehead atoms. The van der Waals surface area contributed by atoms with Gasteiger partial charge in [-0.05, 0) is 49.2 Å². The van der Waals surface area contributed by atoms with E-state index in [1.54, 1.807) is 31.5 Å². The van der Waals surface area contributed by atoms with Crippen LogP contribution < -0.4 is 0 Å². The SMILES string of the molecule is Cc1cc(C(=O)c2ccncc2C)ccc1F. The first-order valence-electron chi connectivity index (χ1n) is 5.31. The van der Waals surface area contributed by atoms with Gasteiger partial charge >= 0.3 is 0 Å². The van der Waals surface area contributed by atoms with Crippen LogP contribution in [0.25, 0.3) is 0 Å². The van der Waals surface area contributed by atoms with Gasteiger partial charge in [-0.15, -0.1) is 0 Å². The van der Waals surface area contributed by atoms with Crippen molar-refractivity contribution >= 4 is 5.78 Å². The third-order valence-electron chi connectivity index (χ3n) is 2.69. The van der Waals surface area contributed by atoms with Gasteiger partial charge in [0.25, 0.3) is 0 Å². The van der Waals surface area contributed by atoms with Gasteiger partial charge in [0.1, 0.15) is 5.82 Å². The molecule has 1 aromatic heterocycles. The number of nitrogens with zero attached hydrogens (tertiary/aromatic N) is 1. The zero-order valence-electron chi connectivity index (χ0n) is 9.70. The van der Waals surface area contributed by atoms with Gasteiger partial charge in [-0.25, -0.2) is 4.39 Å². The maximum Gasteiger partial charge on any atom is 0.193 e. The zero-order valence-corrected chi connectivity index (χ0v) is 9.70. The highest BCUT2D eigenvalue weighted by molar-refractivity contribution is 6.09. The molecule has 0 atom stereocenters. The van der Waals surface area contributed by atoms with Crippen molar-refractivity contribution in [2.75, 3.05) is 0 Å². The Labute approximate surface area is 99.1 Å². The second kappa shape index (κ2) is 4.45. The first-order valence-corrected chi connectivity index (χ1v) is 5.31. The lowest BCUT2D eigenvalue weighted by Crippen LogP contribution is -2.04. The molecule has 0 aliphatic rings. The molecule has 17 heavy (non-hydrogen) atoms. The molecule has 0 aliphatic heterocycles. The Morgan fingerprint density at radius 1 is 1.18 bits per heavy atom. The topological polar surface area (TPSA) is 30.0 Å². The number of aryl methyl sites for hydroxylation is 2. The van der Waals surface area contributed by atoms with Crippen LogP contribution in [-0.4, -0.2) is 10.8 Å². The Morgan fingerprint density at radius 3 is 2.59 bits per heavy atom. The maximum atomic E-state index is 13.1. The van der Waals surface area contributed by atoms with Gasteiger partial charge in [0.2, 0.25) is 0 Å². The average molecular weight is 229 g/mol. The highest BCUT2D eigenvalue weighted by Crippen LogP contribution is 2.15. The number of halogens is 1. The van der Waals surface area contributed by atoms with E-state index in [0.717, 1.165) is 5.56 Å². The third kappa shape index (κ3) is 2.23. The van der Waals surface area contributed by atoms with Crippen LogP contribution in [0.2, 0.25) is 0 Å². The molecule has 2 aromatic rings. The van der Waals surface area contributed by atoms with Crippen molar-refractivity contribution in [1.82, 2.24) is 4.98 Å². The molecule has 0 spiro atoms. The number of hydrogen-bond donors (Lipinski definition) is 0. The summed E-state index contributed by atoms with van der Waals surface area (Å²) < 4.78 is 13.1. The summed E-state index contributed by atoms with van der Waals surface area (Å²) in [6, 6.07) is 6.07. The second-order valence-corrected chi connectivity index (χ2v) is 3.98. The standard InChI is InChI=1S/C14H12FNO/c1-9-7-11(3-4-13(9)15)14(17)12-5-6-16-8-10(12)2/h3-8H,1-2H3. The van der Waals surface area contributed by atoms with Crippen LogP contribution in [0.4, 0.5) is 4.39 Å². The fraction of sp³-hybridized carbons (Fsp3) is 0.143. The van der Waals surface area contributed by atoms with Crippen molar-refractivity contribution in [3.05, 3.63) is 64.7 Å². The van der Waals surface area contributed by atoms with E-state index in [1.165, 1.54) is 12.1 Å². The fourth-order valence-corrected chi connectivity index (χ4v) is 1.67.